The molecule has 0 saturated carbocycles. The Balaban J connectivity index is 2.50. The number of aromatic nitrogens is 4. The van der Waals surface area contributed by atoms with E-state index in [4.69, 9.17) is 11.6 Å². The number of rotatable bonds is 3. The van der Waals surface area contributed by atoms with Crippen LogP contribution in [-0.2, 0) is 0 Å². The van der Waals surface area contributed by atoms with Gasteiger partial charge in [-0.1, -0.05) is 16.8 Å². The van der Waals surface area contributed by atoms with E-state index in [0.717, 1.165) is 0 Å². The van der Waals surface area contributed by atoms with Gasteiger partial charge in [-0.2, -0.15) is 5.21 Å². The Bertz CT molecular complexity index is 544. The number of nitro groups is 1. The molecule has 17 heavy (non-hydrogen) atoms. The molecule has 88 valence electrons. The maximum absolute atomic E-state index is 10.8. The van der Waals surface area contributed by atoms with Gasteiger partial charge in [-0.25, -0.2) is 0 Å². The van der Waals surface area contributed by atoms with Gasteiger partial charge in [0.05, 0.1) is 10.5 Å². The summed E-state index contributed by atoms with van der Waals surface area (Å²) in [5, 5.41) is 33.5. The molecule has 2 aromatic rings. The summed E-state index contributed by atoms with van der Waals surface area (Å²) >= 11 is 5.73. The molecule has 2 N–H and O–H groups in total. The van der Waals surface area contributed by atoms with Crippen LogP contribution in [-0.4, -0.2) is 30.7 Å². The van der Waals surface area contributed by atoms with Crippen molar-refractivity contribution in [3.05, 3.63) is 44.7 Å². The maximum Gasteiger partial charge on any atom is 0.275 e. The molecule has 0 amide bonds. The lowest BCUT2D eigenvalue weighted by atomic mass is 10.1. The highest BCUT2D eigenvalue weighted by molar-refractivity contribution is 6.30. The Labute approximate surface area is 99.4 Å². The predicted molar refractivity (Wildman–Crippen MR) is 56.3 cm³/mol. The van der Waals surface area contributed by atoms with E-state index in [1.807, 2.05) is 0 Å². The molecule has 9 heteroatoms. The van der Waals surface area contributed by atoms with Crippen molar-refractivity contribution in [1.82, 2.24) is 20.6 Å². The number of benzene rings is 1. The van der Waals surface area contributed by atoms with E-state index >= 15 is 0 Å². The summed E-state index contributed by atoms with van der Waals surface area (Å²) in [5.74, 6) is -0.0598. The summed E-state index contributed by atoms with van der Waals surface area (Å²) in [6.45, 7) is 0. The van der Waals surface area contributed by atoms with Gasteiger partial charge in [0.25, 0.3) is 5.69 Å². The molecule has 0 fully saturated rings. The minimum atomic E-state index is -1.35. The maximum atomic E-state index is 10.8. The SMILES string of the molecule is O=[N+]([O-])c1ccc(Cl)cc1C(O)c1nn[nH]n1. The van der Waals surface area contributed by atoms with Crippen LogP contribution < -0.4 is 0 Å². The number of nitrogens with zero attached hydrogens (tertiary/aromatic N) is 4. The van der Waals surface area contributed by atoms with Gasteiger partial charge in [0.2, 0.25) is 5.82 Å². The molecule has 0 bridgehead atoms. The fourth-order valence-electron chi connectivity index (χ4n) is 1.34. The van der Waals surface area contributed by atoms with E-state index in [9.17, 15) is 15.2 Å². The molecule has 0 radical (unpaired) electrons. The zero-order valence-corrected chi connectivity index (χ0v) is 9.00. The van der Waals surface area contributed by atoms with Crippen molar-refractivity contribution in [2.24, 2.45) is 0 Å². The molecule has 1 atom stereocenters. The Hall–Kier alpha value is -2.06. The van der Waals surface area contributed by atoms with Gasteiger partial charge in [-0.3, -0.25) is 10.1 Å². The van der Waals surface area contributed by atoms with Gasteiger partial charge in [0, 0.05) is 11.1 Å². The molecule has 8 nitrogen and oxygen atoms in total. The largest absolute Gasteiger partial charge is 0.380 e. The highest BCUT2D eigenvalue weighted by Gasteiger charge is 2.24. The van der Waals surface area contributed by atoms with E-state index in [2.05, 4.69) is 20.6 Å². The Morgan fingerprint density at radius 3 is 2.88 bits per heavy atom. The first-order valence-corrected chi connectivity index (χ1v) is 4.82. The standard InChI is InChI=1S/C8H6ClN5O3/c9-4-1-2-6(14(16)17)5(3-4)7(15)8-10-12-13-11-8/h1-3,7,15H,(H,10,11,12,13). The van der Waals surface area contributed by atoms with Crippen LogP contribution >= 0.6 is 11.6 Å². The number of halogens is 1. The van der Waals surface area contributed by atoms with Crippen molar-refractivity contribution >= 4 is 17.3 Å². The first-order valence-electron chi connectivity index (χ1n) is 4.45. The van der Waals surface area contributed by atoms with Crippen LogP contribution in [0.15, 0.2) is 18.2 Å². The monoisotopic (exact) mass is 255 g/mol. The fraction of sp³-hybridized carbons (Fsp3) is 0.125. The number of hydrogen-bond acceptors (Lipinski definition) is 6. The number of nitrogens with one attached hydrogen (secondary N) is 1. The van der Waals surface area contributed by atoms with Crippen LogP contribution in [0, 0.1) is 10.1 Å². The van der Waals surface area contributed by atoms with Gasteiger partial charge < -0.3 is 5.11 Å². The van der Waals surface area contributed by atoms with E-state index in [1.54, 1.807) is 0 Å². The van der Waals surface area contributed by atoms with Crippen LogP contribution in [0.25, 0.3) is 0 Å². The second kappa shape index (κ2) is 4.44. The molecular weight excluding hydrogens is 250 g/mol. The summed E-state index contributed by atoms with van der Waals surface area (Å²) in [6, 6.07) is 3.87. The fourth-order valence-corrected chi connectivity index (χ4v) is 1.52. The second-order valence-electron chi connectivity index (χ2n) is 3.13. The van der Waals surface area contributed by atoms with Crippen LogP contribution in [0.3, 0.4) is 0 Å². The Morgan fingerprint density at radius 2 is 2.29 bits per heavy atom. The summed E-state index contributed by atoms with van der Waals surface area (Å²) in [7, 11) is 0. The zero-order chi connectivity index (χ0) is 12.4. The van der Waals surface area contributed by atoms with Crippen molar-refractivity contribution in [3.63, 3.8) is 0 Å². The third-order valence-corrected chi connectivity index (χ3v) is 2.32. The molecule has 2 rings (SSSR count). The van der Waals surface area contributed by atoms with E-state index in [-0.39, 0.29) is 22.1 Å². The molecule has 0 aliphatic rings. The van der Waals surface area contributed by atoms with Crippen LogP contribution in [0.2, 0.25) is 5.02 Å². The first-order chi connectivity index (χ1) is 8.09. The third kappa shape index (κ3) is 2.22. The predicted octanol–water partition coefficient (Wildman–Crippen LogP) is 0.843. The molecule has 1 unspecified atom stereocenters. The molecule has 1 aromatic heterocycles. The van der Waals surface area contributed by atoms with Crippen LogP contribution in [0.5, 0.6) is 0 Å². The van der Waals surface area contributed by atoms with E-state index < -0.39 is 11.0 Å². The quantitative estimate of drug-likeness (QED) is 0.620. The molecule has 0 saturated heterocycles. The van der Waals surface area contributed by atoms with Gasteiger partial charge in [0.15, 0.2) is 0 Å². The molecule has 1 aromatic carbocycles. The summed E-state index contributed by atoms with van der Waals surface area (Å²) in [4.78, 5) is 10.2. The van der Waals surface area contributed by atoms with Crippen molar-refractivity contribution in [3.8, 4) is 0 Å². The number of aliphatic hydroxyl groups excluding tert-OH is 1. The van der Waals surface area contributed by atoms with Gasteiger partial charge in [0.1, 0.15) is 6.10 Å². The van der Waals surface area contributed by atoms with E-state index in [1.165, 1.54) is 18.2 Å². The number of aromatic amines is 1. The average Bonchev–Trinajstić information content (AvgIpc) is 2.80. The second-order valence-corrected chi connectivity index (χ2v) is 3.57. The number of nitro benzene ring substituents is 1. The highest BCUT2D eigenvalue weighted by atomic mass is 35.5. The zero-order valence-electron chi connectivity index (χ0n) is 8.24. The normalized spacial score (nSPS) is 12.4. The lowest BCUT2D eigenvalue weighted by Gasteiger charge is -2.07. The molecular formula is C8H6ClN5O3. The van der Waals surface area contributed by atoms with Crippen molar-refractivity contribution in [1.29, 1.82) is 0 Å². The number of hydrogen-bond donors (Lipinski definition) is 2. The lowest BCUT2D eigenvalue weighted by Crippen LogP contribution is -2.06. The van der Waals surface area contributed by atoms with Crippen LogP contribution in [0.1, 0.15) is 17.5 Å². The van der Waals surface area contributed by atoms with Gasteiger partial charge >= 0.3 is 0 Å². The summed E-state index contributed by atoms with van der Waals surface area (Å²) in [5.41, 5.74) is -0.240. The van der Waals surface area contributed by atoms with Gasteiger partial charge in [-0.15, -0.1) is 10.2 Å². The smallest absolute Gasteiger partial charge is 0.275 e. The topological polar surface area (TPSA) is 118 Å². The Morgan fingerprint density at radius 1 is 1.53 bits per heavy atom. The number of H-pyrrole nitrogens is 1. The molecule has 1 heterocycles. The number of aliphatic hydroxyl groups is 1. The van der Waals surface area contributed by atoms with Crippen molar-refractivity contribution in [2.75, 3.05) is 0 Å². The molecule has 0 aliphatic heterocycles. The third-order valence-electron chi connectivity index (χ3n) is 2.09. The summed E-state index contributed by atoms with van der Waals surface area (Å²) < 4.78 is 0. The summed E-state index contributed by atoms with van der Waals surface area (Å²) in [6.07, 6.45) is -1.35. The number of tetrazole rings is 1. The lowest BCUT2D eigenvalue weighted by molar-refractivity contribution is -0.386. The van der Waals surface area contributed by atoms with E-state index in [0.29, 0.717) is 0 Å². The first kappa shape index (κ1) is 11.4. The Kier molecular flexibility index (Phi) is 2.98. The molecule has 0 spiro atoms. The van der Waals surface area contributed by atoms with Crippen molar-refractivity contribution < 1.29 is 10.0 Å². The minimum absolute atomic E-state index is 0.0175. The molecule has 0 aliphatic carbocycles. The van der Waals surface area contributed by atoms with Gasteiger partial charge in [-0.05, 0) is 12.1 Å². The highest BCUT2D eigenvalue weighted by Crippen LogP contribution is 2.30. The van der Waals surface area contributed by atoms with Crippen LogP contribution in [0.4, 0.5) is 5.69 Å². The minimum Gasteiger partial charge on any atom is -0.380 e. The van der Waals surface area contributed by atoms with Crippen molar-refractivity contribution in [2.45, 2.75) is 6.10 Å². The average molecular weight is 256 g/mol.